The van der Waals surface area contributed by atoms with E-state index in [-0.39, 0.29) is 36.9 Å². The highest BCUT2D eigenvalue weighted by atomic mass is 16.5. The molecule has 1 N–H and O–H groups in total. The standard InChI is InChI=1S/C41H52O6/c1-7-10-11-12-31-15-18-36(19-16-31)38-22-20-37(24-35(38)9-3)39-21-17-32(23-34(39)8-2)13-14-33(27-46-40(43)29(4)25-42)28-47-41(44)30(5)26-45-6/h15-24,33,42H,4-5,7-14,25-28H2,1-3,6H3. The summed E-state index contributed by atoms with van der Waals surface area (Å²) >= 11 is 0. The number of carbonyl (C=O) groups is 2. The van der Waals surface area contributed by atoms with Crippen molar-refractivity contribution < 1.29 is 28.9 Å². The second-order valence-corrected chi connectivity index (χ2v) is 12.1. The Kier molecular flexibility index (Phi) is 15.6. The van der Waals surface area contributed by atoms with E-state index < -0.39 is 18.5 Å². The molecule has 0 aromatic heterocycles. The first-order valence-corrected chi connectivity index (χ1v) is 16.9. The summed E-state index contributed by atoms with van der Waals surface area (Å²) in [5.74, 6) is -1.46. The largest absolute Gasteiger partial charge is 0.462 e. The molecule has 3 aromatic carbocycles. The Balaban J connectivity index is 1.75. The third kappa shape index (κ3) is 11.3. The lowest BCUT2D eigenvalue weighted by Crippen LogP contribution is -2.23. The quantitative estimate of drug-likeness (QED) is 0.0761. The van der Waals surface area contributed by atoms with Crippen LogP contribution >= 0.6 is 0 Å². The second-order valence-electron chi connectivity index (χ2n) is 12.1. The van der Waals surface area contributed by atoms with E-state index in [1.165, 1.54) is 65.3 Å². The first-order chi connectivity index (χ1) is 22.7. The first-order valence-electron chi connectivity index (χ1n) is 16.9. The number of carbonyl (C=O) groups excluding carboxylic acids is 2. The van der Waals surface area contributed by atoms with Crippen LogP contribution in [0.3, 0.4) is 0 Å². The van der Waals surface area contributed by atoms with Crippen molar-refractivity contribution in [2.75, 3.05) is 33.5 Å². The predicted molar refractivity (Wildman–Crippen MR) is 190 cm³/mol. The van der Waals surface area contributed by atoms with Gasteiger partial charge in [-0.15, -0.1) is 0 Å². The number of methoxy groups -OCH3 is 1. The number of aliphatic hydroxyl groups excluding tert-OH is 1. The zero-order valence-electron chi connectivity index (χ0n) is 28.7. The molecular weight excluding hydrogens is 588 g/mol. The van der Waals surface area contributed by atoms with Crippen molar-refractivity contribution in [2.45, 2.75) is 72.1 Å². The fraction of sp³-hybridized carbons (Fsp3) is 0.415. The summed E-state index contributed by atoms with van der Waals surface area (Å²) < 4.78 is 15.8. The van der Waals surface area contributed by atoms with Gasteiger partial charge in [-0.25, -0.2) is 9.59 Å². The molecule has 252 valence electrons. The smallest absolute Gasteiger partial charge is 0.335 e. The lowest BCUT2D eigenvalue weighted by atomic mass is 9.89. The monoisotopic (exact) mass is 640 g/mol. The van der Waals surface area contributed by atoms with Crippen LogP contribution in [0, 0.1) is 5.92 Å². The Labute approximate surface area is 281 Å². The van der Waals surface area contributed by atoms with Crippen molar-refractivity contribution in [1.82, 2.24) is 0 Å². The average molecular weight is 641 g/mol. The molecule has 0 amide bonds. The molecule has 0 fully saturated rings. The minimum absolute atomic E-state index is 0.0210. The van der Waals surface area contributed by atoms with Crippen molar-refractivity contribution in [3.05, 3.63) is 107 Å². The van der Waals surface area contributed by atoms with Crippen molar-refractivity contribution in [2.24, 2.45) is 5.92 Å². The normalized spacial score (nSPS) is 11.6. The van der Waals surface area contributed by atoms with Gasteiger partial charge >= 0.3 is 11.9 Å². The molecule has 6 heteroatoms. The van der Waals surface area contributed by atoms with Crippen LogP contribution in [0.4, 0.5) is 0 Å². The van der Waals surface area contributed by atoms with Gasteiger partial charge in [-0.3, -0.25) is 0 Å². The Morgan fingerprint density at radius 1 is 0.723 bits per heavy atom. The van der Waals surface area contributed by atoms with Gasteiger partial charge in [0.2, 0.25) is 0 Å². The maximum Gasteiger partial charge on any atom is 0.335 e. The second kappa shape index (κ2) is 19.6. The molecule has 0 aliphatic rings. The van der Waals surface area contributed by atoms with Crippen molar-refractivity contribution >= 4 is 11.9 Å². The number of benzene rings is 3. The number of aliphatic hydroxyl groups is 1. The summed E-state index contributed by atoms with van der Waals surface area (Å²) in [5.41, 5.74) is 10.3. The Morgan fingerprint density at radius 2 is 1.30 bits per heavy atom. The maximum absolute atomic E-state index is 12.3. The lowest BCUT2D eigenvalue weighted by molar-refractivity contribution is -0.144. The fourth-order valence-electron chi connectivity index (χ4n) is 5.62. The molecule has 3 aromatic rings. The highest BCUT2D eigenvalue weighted by molar-refractivity contribution is 5.88. The summed E-state index contributed by atoms with van der Waals surface area (Å²) in [6.45, 7) is 13.5. The van der Waals surface area contributed by atoms with E-state index >= 15 is 0 Å². The molecule has 0 heterocycles. The van der Waals surface area contributed by atoms with Gasteiger partial charge in [0.15, 0.2) is 0 Å². The van der Waals surface area contributed by atoms with Crippen LogP contribution < -0.4 is 0 Å². The zero-order chi connectivity index (χ0) is 34.2. The van der Waals surface area contributed by atoms with Crippen molar-refractivity contribution in [3.63, 3.8) is 0 Å². The molecule has 6 nitrogen and oxygen atoms in total. The van der Waals surface area contributed by atoms with E-state index in [1.807, 2.05) is 0 Å². The molecular formula is C41H52O6. The maximum atomic E-state index is 12.3. The molecule has 0 aliphatic carbocycles. The van der Waals surface area contributed by atoms with Crippen LogP contribution in [0.25, 0.3) is 22.3 Å². The number of rotatable bonds is 20. The van der Waals surface area contributed by atoms with Gasteiger partial charge in [-0.05, 0) is 83.0 Å². The van der Waals surface area contributed by atoms with Crippen LogP contribution in [-0.2, 0) is 49.5 Å². The number of hydrogen-bond donors (Lipinski definition) is 1. The number of esters is 2. The lowest BCUT2D eigenvalue weighted by Gasteiger charge is -2.19. The molecule has 1 unspecified atom stereocenters. The van der Waals surface area contributed by atoms with Crippen LogP contribution in [0.1, 0.15) is 68.7 Å². The third-order valence-electron chi connectivity index (χ3n) is 8.51. The predicted octanol–water partition coefficient (Wildman–Crippen LogP) is 8.26. The van der Waals surface area contributed by atoms with Crippen LogP contribution in [-0.4, -0.2) is 50.6 Å². The van der Waals surface area contributed by atoms with Gasteiger partial charge < -0.3 is 19.3 Å². The highest BCUT2D eigenvalue weighted by Crippen LogP contribution is 2.32. The van der Waals surface area contributed by atoms with Gasteiger partial charge in [0.25, 0.3) is 0 Å². The molecule has 0 bridgehead atoms. The Morgan fingerprint density at radius 3 is 1.91 bits per heavy atom. The molecule has 0 radical (unpaired) electrons. The number of aryl methyl sites for hydroxylation is 4. The summed E-state index contributed by atoms with van der Waals surface area (Å²) in [6.07, 6.45) is 8.05. The fourth-order valence-corrected chi connectivity index (χ4v) is 5.62. The average Bonchev–Trinajstić information content (AvgIpc) is 3.10. The molecule has 0 saturated carbocycles. The van der Waals surface area contributed by atoms with E-state index in [0.717, 1.165) is 24.8 Å². The van der Waals surface area contributed by atoms with Crippen LogP contribution in [0.5, 0.6) is 0 Å². The summed E-state index contributed by atoms with van der Waals surface area (Å²) in [7, 11) is 1.48. The molecule has 0 saturated heterocycles. The van der Waals surface area contributed by atoms with Crippen LogP contribution in [0.2, 0.25) is 0 Å². The van der Waals surface area contributed by atoms with Gasteiger partial charge in [-0.2, -0.15) is 0 Å². The van der Waals surface area contributed by atoms with Gasteiger partial charge in [-0.1, -0.05) is 107 Å². The summed E-state index contributed by atoms with van der Waals surface area (Å²) in [4.78, 5) is 24.4. The molecule has 0 aliphatic heterocycles. The topological polar surface area (TPSA) is 82.1 Å². The number of hydrogen-bond acceptors (Lipinski definition) is 6. The van der Waals surface area contributed by atoms with Crippen LogP contribution in [0.15, 0.2) is 85.0 Å². The van der Waals surface area contributed by atoms with Gasteiger partial charge in [0.1, 0.15) is 0 Å². The van der Waals surface area contributed by atoms with E-state index in [0.29, 0.717) is 12.8 Å². The zero-order valence-corrected chi connectivity index (χ0v) is 28.7. The van der Waals surface area contributed by atoms with E-state index in [1.54, 1.807) is 0 Å². The van der Waals surface area contributed by atoms with E-state index in [9.17, 15) is 14.7 Å². The molecule has 3 rings (SSSR count). The Bertz CT molecular complexity index is 1490. The van der Waals surface area contributed by atoms with E-state index in [2.05, 4.69) is 94.6 Å². The van der Waals surface area contributed by atoms with Gasteiger partial charge in [0, 0.05) is 13.0 Å². The first kappa shape index (κ1) is 37.5. The van der Waals surface area contributed by atoms with Crippen molar-refractivity contribution in [1.29, 1.82) is 0 Å². The third-order valence-corrected chi connectivity index (χ3v) is 8.51. The Hall–Kier alpha value is -4.00. The number of ether oxygens (including phenoxy) is 3. The minimum atomic E-state index is -0.665. The minimum Gasteiger partial charge on any atom is -0.462 e. The van der Waals surface area contributed by atoms with Gasteiger partial charge in [0.05, 0.1) is 37.6 Å². The van der Waals surface area contributed by atoms with Crippen molar-refractivity contribution in [3.8, 4) is 22.3 Å². The molecule has 47 heavy (non-hydrogen) atoms. The molecule has 1 atom stereocenters. The highest BCUT2D eigenvalue weighted by Gasteiger charge is 2.18. The van der Waals surface area contributed by atoms with E-state index in [4.69, 9.17) is 14.2 Å². The molecule has 0 spiro atoms. The number of unbranched alkanes of at least 4 members (excludes halogenated alkanes) is 2. The summed E-state index contributed by atoms with van der Waals surface area (Å²) in [6, 6.07) is 22.5. The SMILES string of the molecule is C=C(CO)C(=O)OCC(CCc1ccc(-c2ccc(-c3ccc(CCCCC)cc3)c(CC)c2)c(CC)c1)COC(=O)C(=C)COC. The summed E-state index contributed by atoms with van der Waals surface area (Å²) in [5, 5.41) is 9.21.